The fourth-order valence-electron chi connectivity index (χ4n) is 2.47. The summed E-state index contributed by atoms with van der Waals surface area (Å²) in [5, 5.41) is 8.47. The van der Waals surface area contributed by atoms with E-state index < -0.39 is 0 Å². The van der Waals surface area contributed by atoms with E-state index in [1.807, 2.05) is 18.3 Å². The average Bonchev–Trinajstić information content (AvgIpc) is 2.82. The maximum absolute atomic E-state index is 5.67. The number of hydrogen-bond acceptors (Lipinski definition) is 4. The summed E-state index contributed by atoms with van der Waals surface area (Å²) in [5.41, 5.74) is 7.66. The Morgan fingerprint density at radius 3 is 3.11 bits per heavy atom. The zero-order valence-electron chi connectivity index (χ0n) is 10.4. The quantitative estimate of drug-likeness (QED) is 0.882. The first kappa shape index (κ1) is 11.6. The fourth-order valence-corrected chi connectivity index (χ4v) is 2.47. The van der Waals surface area contributed by atoms with Crippen LogP contribution in [0.15, 0.2) is 18.3 Å². The van der Waals surface area contributed by atoms with Crippen molar-refractivity contribution in [2.45, 2.75) is 25.8 Å². The first-order valence-corrected chi connectivity index (χ1v) is 6.47. The minimum absolute atomic E-state index is 0.542. The highest BCUT2D eigenvalue weighted by atomic mass is 16.5. The monoisotopic (exact) mass is 246 g/mol. The minimum Gasteiger partial charge on any atom is -0.381 e. The van der Waals surface area contributed by atoms with Crippen molar-refractivity contribution in [1.29, 1.82) is 0 Å². The minimum atomic E-state index is 0.542. The van der Waals surface area contributed by atoms with Gasteiger partial charge in [-0.15, -0.1) is 10.2 Å². The molecule has 0 saturated carbocycles. The number of fused-ring (bicyclic) bond motifs is 1. The number of nitrogens with zero attached hydrogens (tertiary/aromatic N) is 3. The molecule has 0 amide bonds. The Morgan fingerprint density at radius 1 is 1.39 bits per heavy atom. The summed E-state index contributed by atoms with van der Waals surface area (Å²) < 4.78 is 7.56. The molecule has 2 aromatic rings. The van der Waals surface area contributed by atoms with E-state index in [0.717, 1.165) is 43.1 Å². The summed E-state index contributed by atoms with van der Waals surface area (Å²) >= 11 is 0. The van der Waals surface area contributed by atoms with Crippen LogP contribution < -0.4 is 5.73 Å². The van der Waals surface area contributed by atoms with Gasteiger partial charge in [-0.05, 0) is 30.4 Å². The molecule has 18 heavy (non-hydrogen) atoms. The van der Waals surface area contributed by atoms with Crippen molar-refractivity contribution in [1.82, 2.24) is 14.6 Å². The van der Waals surface area contributed by atoms with Crippen LogP contribution >= 0.6 is 0 Å². The molecule has 2 N–H and O–H groups in total. The van der Waals surface area contributed by atoms with Gasteiger partial charge in [0.05, 0.1) is 0 Å². The second-order valence-corrected chi connectivity index (χ2v) is 4.87. The summed E-state index contributed by atoms with van der Waals surface area (Å²) in [7, 11) is 0. The molecular formula is C13H18N4O. The predicted molar refractivity (Wildman–Crippen MR) is 68.1 cm³/mol. The molecule has 1 unspecified atom stereocenters. The van der Waals surface area contributed by atoms with Gasteiger partial charge < -0.3 is 10.5 Å². The normalized spacial score (nSPS) is 20.4. The third-order valence-electron chi connectivity index (χ3n) is 3.50. The van der Waals surface area contributed by atoms with Crippen molar-refractivity contribution in [2.24, 2.45) is 11.7 Å². The molecule has 1 saturated heterocycles. The number of aromatic nitrogens is 3. The highest BCUT2D eigenvalue weighted by molar-refractivity contribution is 5.39. The first-order valence-electron chi connectivity index (χ1n) is 6.47. The highest BCUT2D eigenvalue weighted by Crippen LogP contribution is 2.18. The first-order chi connectivity index (χ1) is 8.86. The van der Waals surface area contributed by atoms with Crippen LogP contribution in [0.4, 0.5) is 0 Å². The van der Waals surface area contributed by atoms with E-state index in [1.54, 1.807) is 0 Å². The van der Waals surface area contributed by atoms with Crippen LogP contribution in [0.25, 0.3) is 5.65 Å². The van der Waals surface area contributed by atoms with E-state index in [2.05, 4.69) is 14.6 Å². The van der Waals surface area contributed by atoms with E-state index in [9.17, 15) is 0 Å². The van der Waals surface area contributed by atoms with Gasteiger partial charge in [0.2, 0.25) is 0 Å². The third-order valence-corrected chi connectivity index (χ3v) is 3.50. The summed E-state index contributed by atoms with van der Waals surface area (Å²) in [5.74, 6) is 1.57. The van der Waals surface area contributed by atoms with E-state index in [0.29, 0.717) is 12.5 Å². The van der Waals surface area contributed by atoms with E-state index >= 15 is 0 Å². The van der Waals surface area contributed by atoms with Crippen LogP contribution in [0.5, 0.6) is 0 Å². The summed E-state index contributed by atoms with van der Waals surface area (Å²) in [6.45, 7) is 2.28. The zero-order chi connectivity index (χ0) is 12.4. The van der Waals surface area contributed by atoms with Crippen molar-refractivity contribution in [2.75, 3.05) is 13.2 Å². The fraction of sp³-hybridized carbons (Fsp3) is 0.538. The van der Waals surface area contributed by atoms with Crippen LogP contribution in [0.2, 0.25) is 0 Å². The largest absolute Gasteiger partial charge is 0.381 e. The lowest BCUT2D eigenvalue weighted by molar-refractivity contribution is 0.0542. The van der Waals surface area contributed by atoms with Crippen molar-refractivity contribution in [3.05, 3.63) is 29.7 Å². The molecule has 96 valence electrons. The molecule has 5 nitrogen and oxygen atoms in total. The van der Waals surface area contributed by atoms with E-state index in [1.165, 1.54) is 6.42 Å². The molecule has 2 aromatic heterocycles. The molecule has 0 spiro atoms. The molecular weight excluding hydrogens is 228 g/mol. The lowest BCUT2D eigenvalue weighted by Crippen LogP contribution is -2.20. The number of ether oxygens (including phenoxy) is 1. The number of hydrogen-bond donors (Lipinski definition) is 1. The molecule has 0 aromatic carbocycles. The van der Waals surface area contributed by atoms with Crippen LogP contribution in [0.1, 0.15) is 24.2 Å². The lowest BCUT2D eigenvalue weighted by Gasteiger charge is -2.21. The molecule has 1 fully saturated rings. The van der Waals surface area contributed by atoms with E-state index in [4.69, 9.17) is 10.5 Å². The number of nitrogens with two attached hydrogens (primary N) is 1. The third kappa shape index (κ3) is 2.23. The van der Waals surface area contributed by atoms with Crippen LogP contribution in [-0.4, -0.2) is 27.8 Å². The maximum atomic E-state index is 5.67. The van der Waals surface area contributed by atoms with Gasteiger partial charge in [0.1, 0.15) is 5.82 Å². The van der Waals surface area contributed by atoms with Crippen molar-refractivity contribution in [3.63, 3.8) is 0 Å². The summed E-state index contributed by atoms with van der Waals surface area (Å²) in [6.07, 6.45) is 5.32. The Bertz CT molecular complexity index is 531. The Balaban J connectivity index is 1.86. The molecule has 0 aliphatic carbocycles. The van der Waals surface area contributed by atoms with Gasteiger partial charge >= 0.3 is 0 Å². The van der Waals surface area contributed by atoms with Gasteiger partial charge in [-0.2, -0.15) is 0 Å². The zero-order valence-corrected chi connectivity index (χ0v) is 10.4. The SMILES string of the molecule is NCc1ccc2nnc(CC3CCCOC3)n2c1. The van der Waals surface area contributed by atoms with Gasteiger partial charge in [0.25, 0.3) is 0 Å². The average molecular weight is 246 g/mol. The molecule has 5 heteroatoms. The van der Waals surface area contributed by atoms with Crippen LogP contribution in [-0.2, 0) is 17.7 Å². The van der Waals surface area contributed by atoms with Crippen molar-refractivity contribution < 1.29 is 4.74 Å². The number of pyridine rings is 1. The van der Waals surface area contributed by atoms with Gasteiger partial charge in [0, 0.05) is 32.4 Å². The summed E-state index contributed by atoms with van der Waals surface area (Å²) in [4.78, 5) is 0. The summed E-state index contributed by atoms with van der Waals surface area (Å²) in [6, 6.07) is 3.97. The Hall–Kier alpha value is -1.46. The van der Waals surface area contributed by atoms with Crippen molar-refractivity contribution in [3.8, 4) is 0 Å². The molecule has 1 atom stereocenters. The van der Waals surface area contributed by atoms with E-state index in [-0.39, 0.29) is 0 Å². The Morgan fingerprint density at radius 2 is 2.33 bits per heavy atom. The second-order valence-electron chi connectivity index (χ2n) is 4.87. The second kappa shape index (κ2) is 5.04. The lowest BCUT2D eigenvalue weighted by atomic mass is 9.98. The standard InChI is InChI=1S/C13H18N4O/c14-7-11-3-4-12-15-16-13(17(12)8-11)6-10-2-1-5-18-9-10/h3-4,8,10H,1-2,5-7,9,14H2. The van der Waals surface area contributed by atoms with Gasteiger partial charge in [-0.3, -0.25) is 4.40 Å². The van der Waals surface area contributed by atoms with Gasteiger partial charge in [-0.25, -0.2) is 0 Å². The molecule has 0 bridgehead atoms. The Kier molecular flexibility index (Phi) is 3.25. The van der Waals surface area contributed by atoms with Crippen LogP contribution in [0, 0.1) is 5.92 Å². The van der Waals surface area contributed by atoms with Crippen molar-refractivity contribution >= 4 is 5.65 Å². The smallest absolute Gasteiger partial charge is 0.160 e. The molecule has 3 heterocycles. The van der Waals surface area contributed by atoms with Crippen LogP contribution in [0.3, 0.4) is 0 Å². The molecule has 1 aliphatic rings. The predicted octanol–water partition coefficient (Wildman–Crippen LogP) is 1.16. The number of rotatable bonds is 3. The molecule has 3 rings (SSSR count). The maximum Gasteiger partial charge on any atom is 0.160 e. The van der Waals surface area contributed by atoms with Gasteiger partial charge in [-0.1, -0.05) is 6.07 Å². The topological polar surface area (TPSA) is 65.4 Å². The Labute approximate surface area is 106 Å². The molecule has 0 radical (unpaired) electrons. The van der Waals surface area contributed by atoms with Gasteiger partial charge in [0.15, 0.2) is 5.65 Å². The molecule has 1 aliphatic heterocycles. The highest BCUT2D eigenvalue weighted by Gasteiger charge is 2.17.